The lowest BCUT2D eigenvalue weighted by Crippen LogP contribution is -2.10. The van der Waals surface area contributed by atoms with E-state index in [2.05, 4.69) is 20.3 Å². The first kappa shape index (κ1) is 13.5. The van der Waals surface area contributed by atoms with Gasteiger partial charge in [-0.25, -0.2) is 9.98 Å². The molecule has 0 unspecified atom stereocenters. The van der Waals surface area contributed by atoms with Crippen LogP contribution in [0.15, 0.2) is 59.5 Å². The van der Waals surface area contributed by atoms with Gasteiger partial charge in [-0.2, -0.15) is 0 Å². The molecule has 0 fully saturated rings. The van der Waals surface area contributed by atoms with Crippen LogP contribution in [0.3, 0.4) is 0 Å². The fourth-order valence-corrected chi connectivity index (χ4v) is 1.54. The fourth-order valence-electron chi connectivity index (χ4n) is 1.54. The first-order chi connectivity index (χ1) is 9.63. The number of para-hydroxylation sites is 1. The van der Waals surface area contributed by atoms with E-state index in [1.165, 1.54) is 6.20 Å². The average Bonchev–Trinajstić information content (AvgIpc) is 2.39. The number of benzene rings is 1. The summed E-state index contributed by atoms with van der Waals surface area (Å²) in [5.74, 6) is 1.30. The molecule has 0 aliphatic rings. The summed E-state index contributed by atoms with van der Waals surface area (Å²) in [6.07, 6.45) is 4.72. The molecule has 1 heterocycles. The molecule has 0 saturated carbocycles. The number of nitrogens with zero attached hydrogens (tertiary/aromatic N) is 3. The average molecular weight is 268 g/mol. The van der Waals surface area contributed by atoms with Crippen molar-refractivity contribution in [1.82, 2.24) is 9.97 Å². The van der Waals surface area contributed by atoms with E-state index in [9.17, 15) is 0 Å². The summed E-state index contributed by atoms with van der Waals surface area (Å²) in [4.78, 5) is 12.5. The zero-order chi connectivity index (χ0) is 14.4. The summed E-state index contributed by atoms with van der Waals surface area (Å²) < 4.78 is 0. The highest BCUT2D eigenvalue weighted by molar-refractivity contribution is 5.93. The van der Waals surface area contributed by atoms with Crippen LogP contribution in [0, 0.1) is 0 Å². The van der Waals surface area contributed by atoms with Gasteiger partial charge in [-0.15, -0.1) is 0 Å². The van der Waals surface area contributed by atoms with E-state index in [0.29, 0.717) is 17.3 Å². The molecule has 1 aromatic carbocycles. The summed E-state index contributed by atoms with van der Waals surface area (Å²) >= 11 is 0. The van der Waals surface area contributed by atoms with Crippen LogP contribution >= 0.6 is 0 Å². The predicted octanol–water partition coefficient (Wildman–Crippen LogP) is 2.07. The van der Waals surface area contributed by atoms with Crippen molar-refractivity contribution in [2.75, 3.05) is 5.32 Å². The Morgan fingerprint density at radius 2 is 1.95 bits per heavy atom. The quantitative estimate of drug-likeness (QED) is 0.582. The Bertz CT molecular complexity index is 629. The molecular weight excluding hydrogens is 252 g/mol. The van der Waals surface area contributed by atoms with E-state index >= 15 is 0 Å². The standard InChI is InChI=1S/C14H16N6/c1-10(15)7-12(16)19-14-9-17-8-13(20-14)18-11-5-3-2-4-6-11/h2-9H,15H2,1H3,(H3,16,18,19,20)/b10-7-. The monoisotopic (exact) mass is 268 g/mol. The van der Waals surface area contributed by atoms with E-state index in [1.54, 1.807) is 19.2 Å². The van der Waals surface area contributed by atoms with Crippen molar-refractivity contribution < 1.29 is 0 Å². The first-order valence-corrected chi connectivity index (χ1v) is 6.05. The van der Waals surface area contributed by atoms with Gasteiger partial charge in [-0.1, -0.05) is 18.2 Å². The maximum atomic E-state index is 5.71. The molecule has 0 bridgehead atoms. The van der Waals surface area contributed by atoms with E-state index in [4.69, 9.17) is 11.5 Å². The predicted molar refractivity (Wildman–Crippen MR) is 81.0 cm³/mol. The first-order valence-electron chi connectivity index (χ1n) is 6.05. The van der Waals surface area contributed by atoms with Crippen molar-refractivity contribution in [3.63, 3.8) is 0 Å². The lowest BCUT2D eigenvalue weighted by Gasteiger charge is -2.05. The van der Waals surface area contributed by atoms with Crippen LogP contribution in [0.25, 0.3) is 0 Å². The molecule has 0 spiro atoms. The van der Waals surface area contributed by atoms with Crippen LogP contribution in [0.1, 0.15) is 6.92 Å². The highest BCUT2D eigenvalue weighted by Gasteiger charge is 1.99. The van der Waals surface area contributed by atoms with Crippen LogP contribution in [0.4, 0.5) is 17.3 Å². The minimum Gasteiger partial charge on any atom is -0.402 e. The summed E-state index contributed by atoms with van der Waals surface area (Å²) in [6, 6.07) is 9.69. The molecule has 102 valence electrons. The third-order valence-corrected chi connectivity index (χ3v) is 2.29. The number of nitrogens with two attached hydrogens (primary N) is 2. The number of allylic oxidation sites excluding steroid dienone is 1. The highest BCUT2D eigenvalue weighted by atomic mass is 15.1. The number of nitrogens with one attached hydrogen (secondary N) is 1. The maximum absolute atomic E-state index is 5.71. The van der Waals surface area contributed by atoms with Crippen molar-refractivity contribution >= 4 is 23.2 Å². The highest BCUT2D eigenvalue weighted by Crippen LogP contribution is 2.15. The Morgan fingerprint density at radius 1 is 1.20 bits per heavy atom. The van der Waals surface area contributed by atoms with Gasteiger partial charge in [0, 0.05) is 11.4 Å². The van der Waals surface area contributed by atoms with E-state index in [1.807, 2.05) is 30.3 Å². The van der Waals surface area contributed by atoms with Gasteiger partial charge in [0.25, 0.3) is 0 Å². The fraction of sp³-hybridized carbons (Fsp3) is 0.0714. The van der Waals surface area contributed by atoms with Gasteiger partial charge in [-0.05, 0) is 25.1 Å². The second-order valence-electron chi connectivity index (χ2n) is 4.18. The molecule has 2 rings (SSSR count). The molecule has 6 nitrogen and oxygen atoms in total. The van der Waals surface area contributed by atoms with Gasteiger partial charge in [-0.3, -0.25) is 4.98 Å². The van der Waals surface area contributed by atoms with Gasteiger partial charge in [0.15, 0.2) is 11.6 Å². The molecule has 0 atom stereocenters. The minimum absolute atomic E-state index is 0.288. The zero-order valence-corrected chi connectivity index (χ0v) is 11.1. The third-order valence-electron chi connectivity index (χ3n) is 2.29. The largest absolute Gasteiger partial charge is 0.402 e. The minimum atomic E-state index is 0.288. The summed E-state index contributed by atoms with van der Waals surface area (Å²) in [7, 11) is 0. The Kier molecular flexibility index (Phi) is 4.28. The summed E-state index contributed by atoms with van der Waals surface area (Å²) in [6.45, 7) is 1.74. The summed E-state index contributed by atoms with van der Waals surface area (Å²) in [5.41, 5.74) is 12.8. The Morgan fingerprint density at radius 3 is 2.65 bits per heavy atom. The van der Waals surface area contributed by atoms with Gasteiger partial charge in [0.2, 0.25) is 0 Å². The van der Waals surface area contributed by atoms with E-state index < -0.39 is 0 Å². The van der Waals surface area contributed by atoms with Crippen LogP contribution in [-0.4, -0.2) is 15.8 Å². The van der Waals surface area contributed by atoms with Gasteiger partial charge >= 0.3 is 0 Å². The molecule has 0 saturated heterocycles. The number of hydrogen-bond acceptors (Lipinski definition) is 5. The van der Waals surface area contributed by atoms with E-state index in [-0.39, 0.29) is 5.84 Å². The molecular formula is C14H16N6. The van der Waals surface area contributed by atoms with Crippen LogP contribution in [-0.2, 0) is 0 Å². The second-order valence-corrected chi connectivity index (χ2v) is 4.18. The second kappa shape index (κ2) is 6.33. The number of anilines is 2. The molecule has 20 heavy (non-hydrogen) atoms. The number of aromatic nitrogens is 2. The molecule has 0 aliphatic heterocycles. The molecule has 0 aliphatic carbocycles. The van der Waals surface area contributed by atoms with Gasteiger partial charge in [0.05, 0.1) is 12.4 Å². The number of rotatable bonds is 4. The third kappa shape index (κ3) is 4.09. The van der Waals surface area contributed by atoms with Crippen LogP contribution in [0.2, 0.25) is 0 Å². The number of hydrogen-bond donors (Lipinski definition) is 3. The topological polar surface area (TPSA) is 102 Å². The van der Waals surface area contributed by atoms with Crippen molar-refractivity contribution in [2.24, 2.45) is 16.5 Å². The molecule has 1 aromatic heterocycles. The van der Waals surface area contributed by atoms with Crippen molar-refractivity contribution in [3.8, 4) is 0 Å². The summed E-state index contributed by atoms with van der Waals surface area (Å²) in [5, 5.41) is 3.13. The normalized spacial score (nSPS) is 12.2. The molecule has 6 heteroatoms. The van der Waals surface area contributed by atoms with Crippen molar-refractivity contribution in [3.05, 3.63) is 54.5 Å². The molecule has 5 N–H and O–H groups in total. The number of aliphatic imine (C=N–C) groups is 1. The maximum Gasteiger partial charge on any atom is 0.174 e. The van der Waals surface area contributed by atoms with E-state index in [0.717, 1.165) is 5.69 Å². The van der Waals surface area contributed by atoms with Crippen LogP contribution in [0.5, 0.6) is 0 Å². The van der Waals surface area contributed by atoms with Gasteiger partial charge in [0.1, 0.15) is 5.84 Å². The van der Waals surface area contributed by atoms with Gasteiger partial charge < -0.3 is 16.8 Å². The van der Waals surface area contributed by atoms with Crippen LogP contribution < -0.4 is 16.8 Å². The molecule has 0 amide bonds. The Balaban J connectivity index is 2.18. The lowest BCUT2D eigenvalue weighted by molar-refractivity contribution is 1.17. The molecule has 2 aromatic rings. The Hall–Kier alpha value is -2.89. The SMILES string of the molecule is C/C(N)=C/C(N)=Nc1cncc(Nc2ccccc2)n1. The smallest absolute Gasteiger partial charge is 0.174 e. The van der Waals surface area contributed by atoms with Crippen molar-refractivity contribution in [2.45, 2.75) is 6.92 Å². The number of amidine groups is 1. The van der Waals surface area contributed by atoms with Crippen molar-refractivity contribution in [1.29, 1.82) is 0 Å². The molecule has 0 radical (unpaired) electrons. The Labute approximate surface area is 117 Å². The zero-order valence-electron chi connectivity index (χ0n) is 11.1. The lowest BCUT2D eigenvalue weighted by atomic mass is 10.3.